The molecule has 4 nitrogen and oxygen atoms in total. The number of aliphatic hydroxyl groups excluding tert-OH is 2. The molecule has 1 aliphatic rings. The predicted molar refractivity (Wildman–Crippen MR) is 81.8 cm³/mol. The number of nitrogens with one attached hydrogen (secondary N) is 1. The molecule has 0 aromatic heterocycles. The quantitative estimate of drug-likeness (QED) is 0.509. The first-order valence-electron chi connectivity index (χ1n) is 8.38. The van der Waals surface area contributed by atoms with Gasteiger partial charge < -0.3 is 20.3 Å². The van der Waals surface area contributed by atoms with Crippen LogP contribution in [-0.2, 0) is 4.74 Å². The van der Waals surface area contributed by atoms with Crippen LogP contribution in [0.15, 0.2) is 0 Å². The van der Waals surface area contributed by atoms with Gasteiger partial charge in [-0.05, 0) is 25.2 Å². The Hall–Kier alpha value is -0.160. The van der Waals surface area contributed by atoms with Crippen LogP contribution in [0.2, 0.25) is 0 Å². The van der Waals surface area contributed by atoms with E-state index in [0.29, 0.717) is 19.1 Å². The fraction of sp³-hybridized carbons (Fsp3) is 1.00. The van der Waals surface area contributed by atoms with E-state index < -0.39 is 6.10 Å². The maximum atomic E-state index is 9.85. The Morgan fingerprint density at radius 2 is 2.00 bits per heavy atom. The Balaban J connectivity index is 1.93. The van der Waals surface area contributed by atoms with Crippen molar-refractivity contribution in [2.24, 2.45) is 5.92 Å². The van der Waals surface area contributed by atoms with E-state index in [1.807, 2.05) is 0 Å². The van der Waals surface area contributed by atoms with Gasteiger partial charge in [0, 0.05) is 19.7 Å². The number of unbranched alkanes of at least 4 members (excludes halogenated alkanes) is 3. The lowest BCUT2D eigenvalue weighted by atomic mass is 9.86. The van der Waals surface area contributed by atoms with Gasteiger partial charge in [0.05, 0.1) is 18.8 Å². The Labute approximate surface area is 123 Å². The summed E-state index contributed by atoms with van der Waals surface area (Å²) in [7, 11) is 0. The Bertz CT molecular complexity index is 226. The summed E-state index contributed by atoms with van der Waals surface area (Å²) in [6.07, 6.45) is 8.57. The number of hydrogen-bond acceptors (Lipinski definition) is 4. The maximum absolute atomic E-state index is 9.85. The third-order valence-electron chi connectivity index (χ3n) is 4.11. The molecule has 0 radical (unpaired) electrons. The summed E-state index contributed by atoms with van der Waals surface area (Å²) in [6, 6.07) is 0. The first-order valence-corrected chi connectivity index (χ1v) is 8.38. The Morgan fingerprint density at radius 1 is 1.20 bits per heavy atom. The van der Waals surface area contributed by atoms with Crippen molar-refractivity contribution in [2.45, 2.75) is 70.5 Å². The van der Waals surface area contributed by atoms with Crippen LogP contribution in [0, 0.1) is 5.92 Å². The smallest absolute Gasteiger partial charge is 0.0897 e. The molecule has 1 rings (SSSR count). The van der Waals surface area contributed by atoms with Gasteiger partial charge in [-0.1, -0.05) is 39.0 Å². The van der Waals surface area contributed by atoms with Gasteiger partial charge in [-0.2, -0.15) is 0 Å². The van der Waals surface area contributed by atoms with Crippen molar-refractivity contribution >= 4 is 0 Å². The van der Waals surface area contributed by atoms with Crippen LogP contribution in [0.4, 0.5) is 0 Å². The van der Waals surface area contributed by atoms with Crippen LogP contribution in [0.25, 0.3) is 0 Å². The van der Waals surface area contributed by atoms with E-state index >= 15 is 0 Å². The fourth-order valence-electron chi connectivity index (χ4n) is 2.77. The summed E-state index contributed by atoms with van der Waals surface area (Å²) in [6.45, 7) is 4.71. The van der Waals surface area contributed by atoms with E-state index in [4.69, 9.17) is 4.74 Å². The van der Waals surface area contributed by atoms with Crippen molar-refractivity contribution < 1.29 is 14.9 Å². The second kappa shape index (κ2) is 11.5. The lowest BCUT2D eigenvalue weighted by Gasteiger charge is -2.28. The second-order valence-corrected chi connectivity index (χ2v) is 6.06. The third kappa shape index (κ3) is 8.20. The molecule has 0 aromatic rings. The topological polar surface area (TPSA) is 61.7 Å². The molecule has 0 aliphatic heterocycles. The first kappa shape index (κ1) is 17.9. The molecule has 0 spiro atoms. The van der Waals surface area contributed by atoms with Crippen molar-refractivity contribution in [2.75, 3.05) is 26.3 Å². The van der Waals surface area contributed by atoms with Crippen LogP contribution in [0.5, 0.6) is 0 Å². The molecule has 1 saturated carbocycles. The highest BCUT2D eigenvalue weighted by Gasteiger charge is 2.22. The highest BCUT2D eigenvalue weighted by Crippen LogP contribution is 2.23. The van der Waals surface area contributed by atoms with Crippen LogP contribution >= 0.6 is 0 Å². The largest absolute Gasteiger partial charge is 0.393 e. The second-order valence-electron chi connectivity index (χ2n) is 6.06. The molecule has 120 valence electrons. The van der Waals surface area contributed by atoms with Gasteiger partial charge in [0.2, 0.25) is 0 Å². The van der Waals surface area contributed by atoms with Gasteiger partial charge in [0.15, 0.2) is 0 Å². The van der Waals surface area contributed by atoms with Crippen molar-refractivity contribution in [3.05, 3.63) is 0 Å². The van der Waals surface area contributed by atoms with Crippen LogP contribution in [-0.4, -0.2) is 48.7 Å². The van der Waals surface area contributed by atoms with E-state index in [2.05, 4.69) is 12.2 Å². The summed E-state index contributed by atoms with van der Waals surface area (Å²) in [4.78, 5) is 0. The van der Waals surface area contributed by atoms with Gasteiger partial charge in [0.25, 0.3) is 0 Å². The van der Waals surface area contributed by atoms with E-state index in [1.54, 1.807) is 0 Å². The minimum Gasteiger partial charge on any atom is -0.393 e. The molecule has 1 aliphatic carbocycles. The zero-order valence-corrected chi connectivity index (χ0v) is 13.0. The number of aliphatic hydroxyl groups is 2. The first-order chi connectivity index (χ1) is 9.74. The van der Waals surface area contributed by atoms with Crippen molar-refractivity contribution in [3.63, 3.8) is 0 Å². The van der Waals surface area contributed by atoms with Crippen molar-refractivity contribution in [3.8, 4) is 0 Å². The fourth-order valence-corrected chi connectivity index (χ4v) is 2.77. The maximum Gasteiger partial charge on any atom is 0.0897 e. The van der Waals surface area contributed by atoms with Gasteiger partial charge in [0.1, 0.15) is 0 Å². The van der Waals surface area contributed by atoms with Crippen LogP contribution in [0.1, 0.15) is 58.3 Å². The molecular formula is C16H33NO3. The molecule has 3 N–H and O–H groups in total. The molecule has 0 aromatic carbocycles. The van der Waals surface area contributed by atoms with Crippen LogP contribution < -0.4 is 5.32 Å². The van der Waals surface area contributed by atoms with E-state index in [1.165, 1.54) is 25.7 Å². The van der Waals surface area contributed by atoms with Crippen molar-refractivity contribution in [1.82, 2.24) is 5.32 Å². The van der Waals surface area contributed by atoms with Gasteiger partial charge in [-0.15, -0.1) is 0 Å². The summed E-state index contributed by atoms with van der Waals surface area (Å²) in [5, 5.41) is 22.9. The zero-order chi connectivity index (χ0) is 14.6. The van der Waals surface area contributed by atoms with Gasteiger partial charge >= 0.3 is 0 Å². The zero-order valence-electron chi connectivity index (χ0n) is 13.0. The molecule has 0 bridgehead atoms. The average molecular weight is 287 g/mol. The molecule has 0 amide bonds. The highest BCUT2D eigenvalue weighted by atomic mass is 16.5. The number of ether oxygens (including phenoxy) is 1. The normalized spacial score (nSPS) is 24.8. The van der Waals surface area contributed by atoms with Crippen molar-refractivity contribution in [1.29, 1.82) is 0 Å². The Kier molecular flexibility index (Phi) is 10.3. The predicted octanol–water partition coefficient (Wildman–Crippen LogP) is 2.08. The molecule has 4 heteroatoms. The van der Waals surface area contributed by atoms with E-state index in [-0.39, 0.29) is 6.10 Å². The minimum absolute atomic E-state index is 0.164. The highest BCUT2D eigenvalue weighted by molar-refractivity contribution is 4.76. The summed E-state index contributed by atoms with van der Waals surface area (Å²) in [5.74, 6) is 0.353. The number of rotatable bonds is 11. The monoisotopic (exact) mass is 287 g/mol. The standard InChI is InChI=1S/C16H33NO3/c1-2-3-4-7-10-20-13-15(18)12-17-11-14-8-5-6-9-16(14)19/h14-19H,2-13H2,1H3. The number of hydrogen-bond donors (Lipinski definition) is 3. The summed E-state index contributed by atoms with van der Waals surface area (Å²) >= 11 is 0. The third-order valence-corrected chi connectivity index (χ3v) is 4.11. The average Bonchev–Trinajstić information content (AvgIpc) is 2.45. The van der Waals surface area contributed by atoms with Gasteiger partial charge in [-0.25, -0.2) is 0 Å². The summed E-state index contributed by atoms with van der Waals surface area (Å²) in [5.41, 5.74) is 0. The molecule has 0 saturated heterocycles. The molecule has 3 atom stereocenters. The minimum atomic E-state index is -0.443. The van der Waals surface area contributed by atoms with E-state index in [9.17, 15) is 10.2 Å². The van der Waals surface area contributed by atoms with E-state index in [0.717, 1.165) is 38.8 Å². The lowest BCUT2D eigenvalue weighted by molar-refractivity contribution is 0.0312. The summed E-state index contributed by atoms with van der Waals surface area (Å²) < 4.78 is 5.47. The molecule has 1 fully saturated rings. The molecular weight excluding hydrogens is 254 g/mol. The molecule has 0 heterocycles. The SMILES string of the molecule is CCCCCCOCC(O)CNCC1CCCCC1O. The Morgan fingerprint density at radius 3 is 2.75 bits per heavy atom. The molecule has 3 unspecified atom stereocenters. The lowest BCUT2D eigenvalue weighted by Crippen LogP contribution is -2.38. The van der Waals surface area contributed by atoms with Crippen LogP contribution in [0.3, 0.4) is 0 Å². The van der Waals surface area contributed by atoms with Gasteiger partial charge in [-0.3, -0.25) is 0 Å². The molecule has 20 heavy (non-hydrogen) atoms.